The number of nitrogens with two attached hydrogens (primary N) is 1. The molecule has 0 aromatic heterocycles. The lowest BCUT2D eigenvalue weighted by Gasteiger charge is -2.05. The topological polar surface area (TPSA) is 55.4 Å². The van der Waals surface area contributed by atoms with Gasteiger partial charge in [-0.25, -0.2) is 4.39 Å². The van der Waals surface area contributed by atoms with E-state index < -0.39 is 0 Å². The molecule has 0 saturated heterocycles. The molecule has 1 aliphatic heterocycles. The van der Waals surface area contributed by atoms with Crippen LogP contribution in [0.1, 0.15) is 5.56 Å². The Morgan fingerprint density at radius 1 is 1.40 bits per heavy atom. The first-order chi connectivity index (χ1) is 7.15. The average Bonchev–Trinajstić information content (AvgIpc) is 2.49. The predicted octanol–water partition coefficient (Wildman–Crippen LogP) is 1.32. The van der Waals surface area contributed by atoms with Gasteiger partial charge in [0, 0.05) is 0 Å². The van der Waals surface area contributed by atoms with Crippen LogP contribution in [0.4, 0.5) is 4.39 Å². The van der Waals surface area contributed by atoms with Gasteiger partial charge in [-0.05, 0) is 24.1 Å². The third kappa shape index (κ3) is 2.36. The number of rotatable bonds is 2. The van der Waals surface area contributed by atoms with E-state index in [1.165, 1.54) is 23.9 Å². The monoisotopic (exact) mass is 224 g/mol. The average molecular weight is 224 g/mol. The lowest BCUT2D eigenvalue weighted by molar-refractivity contribution is -0.117. The molecule has 1 atom stereocenters. The van der Waals surface area contributed by atoms with Crippen molar-refractivity contribution < 1.29 is 9.18 Å². The molecule has 0 saturated carbocycles. The van der Waals surface area contributed by atoms with E-state index in [0.29, 0.717) is 11.6 Å². The third-order valence-corrected chi connectivity index (χ3v) is 3.08. The van der Waals surface area contributed by atoms with Gasteiger partial charge in [0.2, 0.25) is 0 Å². The van der Waals surface area contributed by atoms with Crippen molar-refractivity contribution in [3.63, 3.8) is 0 Å². The fourth-order valence-corrected chi connectivity index (χ4v) is 2.23. The molecule has 0 spiro atoms. The Morgan fingerprint density at radius 3 is 2.60 bits per heavy atom. The van der Waals surface area contributed by atoms with E-state index in [2.05, 4.69) is 4.99 Å². The van der Waals surface area contributed by atoms with Gasteiger partial charge in [0.15, 0.2) is 5.17 Å². The van der Waals surface area contributed by atoms with Gasteiger partial charge in [-0.3, -0.25) is 4.79 Å². The van der Waals surface area contributed by atoms with E-state index in [0.717, 1.165) is 5.56 Å². The second-order valence-electron chi connectivity index (χ2n) is 3.23. The van der Waals surface area contributed by atoms with E-state index in [1.807, 2.05) is 0 Å². The zero-order chi connectivity index (χ0) is 10.8. The lowest BCUT2D eigenvalue weighted by Crippen LogP contribution is -2.14. The molecule has 0 bridgehead atoms. The number of carbonyl (C=O) groups excluding carboxylic acids is 1. The molecule has 3 nitrogen and oxygen atoms in total. The quantitative estimate of drug-likeness (QED) is 0.824. The molecule has 0 unspecified atom stereocenters. The van der Waals surface area contributed by atoms with Crippen molar-refractivity contribution in [2.75, 3.05) is 0 Å². The smallest absolute Gasteiger partial charge is 0.261 e. The number of aliphatic imine (C=N–C) groups is 1. The number of amides is 1. The van der Waals surface area contributed by atoms with Crippen LogP contribution in [0.2, 0.25) is 0 Å². The molecule has 1 aliphatic rings. The Kier molecular flexibility index (Phi) is 2.73. The summed E-state index contributed by atoms with van der Waals surface area (Å²) in [5.74, 6) is -0.484. The summed E-state index contributed by atoms with van der Waals surface area (Å²) in [6, 6.07) is 6.09. The minimum Gasteiger partial charge on any atom is -0.378 e. The highest BCUT2D eigenvalue weighted by molar-refractivity contribution is 8.15. The normalized spacial score (nSPS) is 20.5. The van der Waals surface area contributed by atoms with Gasteiger partial charge < -0.3 is 5.73 Å². The largest absolute Gasteiger partial charge is 0.378 e. The maximum Gasteiger partial charge on any atom is 0.261 e. The van der Waals surface area contributed by atoms with Crippen molar-refractivity contribution in [3.8, 4) is 0 Å². The van der Waals surface area contributed by atoms with Crippen LogP contribution in [0.3, 0.4) is 0 Å². The second kappa shape index (κ2) is 4.02. The zero-order valence-corrected chi connectivity index (χ0v) is 8.63. The van der Waals surface area contributed by atoms with Gasteiger partial charge in [-0.1, -0.05) is 23.9 Å². The lowest BCUT2D eigenvalue weighted by atomic mass is 10.1. The Labute approximate surface area is 90.6 Å². The highest BCUT2D eigenvalue weighted by Gasteiger charge is 2.26. The van der Waals surface area contributed by atoms with Gasteiger partial charge in [0.25, 0.3) is 5.91 Å². The van der Waals surface area contributed by atoms with Crippen LogP contribution < -0.4 is 5.73 Å². The molecule has 78 valence electrons. The van der Waals surface area contributed by atoms with Crippen LogP contribution in [0.5, 0.6) is 0 Å². The Hall–Kier alpha value is -1.36. The minimum absolute atomic E-state index is 0.207. The molecule has 2 rings (SSSR count). The minimum atomic E-state index is -0.278. The van der Waals surface area contributed by atoms with E-state index in [1.54, 1.807) is 12.1 Å². The summed E-state index contributed by atoms with van der Waals surface area (Å²) in [7, 11) is 0. The van der Waals surface area contributed by atoms with Crippen molar-refractivity contribution in [3.05, 3.63) is 35.6 Å². The number of hydrogen-bond acceptors (Lipinski definition) is 3. The molecular formula is C10H9FN2OS. The molecule has 1 aromatic carbocycles. The first kappa shape index (κ1) is 10.2. The van der Waals surface area contributed by atoms with Crippen molar-refractivity contribution in [1.82, 2.24) is 0 Å². The van der Waals surface area contributed by atoms with E-state index >= 15 is 0 Å². The van der Waals surface area contributed by atoms with Gasteiger partial charge in [0.05, 0.1) is 5.25 Å². The van der Waals surface area contributed by atoms with Crippen LogP contribution in [-0.2, 0) is 11.2 Å². The van der Waals surface area contributed by atoms with E-state index in [-0.39, 0.29) is 17.0 Å². The third-order valence-electron chi connectivity index (χ3n) is 2.09. The summed E-state index contributed by atoms with van der Waals surface area (Å²) >= 11 is 1.26. The molecule has 5 heteroatoms. The molecule has 1 amide bonds. The first-order valence-electron chi connectivity index (χ1n) is 4.44. The summed E-state index contributed by atoms with van der Waals surface area (Å²) in [6.07, 6.45) is 0.536. The summed E-state index contributed by atoms with van der Waals surface area (Å²) in [5.41, 5.74) is 6.33. The number of halogens is 1. The highest BCUT2D eigenvalue weighted by Crippen LogP contribution is 2.23. The predicted molar refractivity (Wildman–Crippen MR) is 58.1 cm³/mol. The van der Waals surface area contributed by atoms with Crippen LogP contribution in [0.15, 0.2) is 29.3 Å². The second-order valence-corrected chi connectivity index (χ2v) is 4.45. The van der Waals surface area contributed by atoms with Crippen molar-refractivity contribution in [2.45, 2.75) is 11.7 Å². The van der Waals surface area contributed by atoms with Crippen LogP contribution in [0.25, 0.3) is 0 Å². The van der Waals surface area contributed by atoms with E-state index in [4.69, 9.17) is 5.73 Å². The van der Waals surface area contributed by atoms with Crippen molar-refractivity contribution in [2.24, 2.45) is 10.7 Å². The molecule has 0 fully saturated rings. The summed E-state index contributed by atoms with van der Waals surface area (Å²) in [4.78, 5) is 14.9. The van der Waals surface area contributed by atoms with Crippen LogP contribution >= 0.6 is 11.8 Å². The number of benzene rings is 1. The Morgan fingerprint density at radius 2 is 2.07 bits per heavy atom. The van der Waals surface area contributed by atoms with Crippen molar-refractivity contribution in [1.29, 1.82) is 0 Å². The molecule has 15 heavy (non-hydrogen) atoms. The highest BCUT2D eigenvalue weighted by atomic mass is 32.2. The summed E-state index contributed by atoms with van der Waals surface area (Å²) in [5, 5.41) is 0.0579. The molecule has 0 radical (unpaired) electrons. The standard InChI is InChI=1S/C10H9FN2OS/c11-7-3-1-6(2-4-7)5-8-9(14)13-10(12)15-8/h1-4,8H,5H2,(H2,12,13,14)/t8-/m0/s1. The summed E-state index contributed by atoms with van der Waals surface area (Å²) in [6.45, 7) is 0. The fourth-order valence-electron chi connectivity index (χ4n) is 1.37. The van der Waals surface area contributed by atoms with Gasteiger partial charge in [-0.15, -0.1) is 0 Å². The molecule has 1 aromatic rings. The number of nitrogens with zero attached hydrogens (tertiary/aromatic N) is 1. The number of carbonyl (C=O) groups is 1. The Bertz CT molecular complexity index is 416. The molecule has 0 aliphatic carbocycles. The Balaban J connectivity index is 2.04. The maximum atomic E-state index is 12.6. The zero-order valence-electron chi connectivity index (χ0n) is 7.81. The van der Waals surface area contributed by atoms with E-state index in [9.17, 15) is 9.18 Å². The SMILES string of the molecule is NC1=NC(=O)[C@H](Cc2ccc(F)cc2)S1. The maximum absolute atomic E-state index is 12.6. The van der Waals surface area contributed by atoms with Crippen molar-refractivity contribution >= 4 is 22.8 Å². The molecule has 2 N–H and O–H groups in total. The number of hydrogen-bond donors (Lipinski definition) is 1. The molecular weight excluding hydrogens is 215 g/mol. The van der Waals surface area contributed by atoms with Gasteiger partial charge >= 0.3 is 0 Å². The number of thioether (sulfide) groups is 1. The fraction of sp³-hybridized carbons (Fsp3) is 0.200. The van der Waals surface area contributed by atoms with Gasteiger partial charge in [0.1, 0.15) is 5.82 Å². The van der Waals surface area contributed by atoms with Crippen LogP contribution in [0, 0.1) is 5.82 Å². The first-order valence-corrected chi connectivity index (χ1v) is 5.32. The van der Waals surface area contributed by atoms with Gasteiger partial charge in [-0.2, -0.15) is 4.99 Å². The summed E-state index contributed by atoms with van der Waals surface area (Å²) < 4.78 is 12.6. The molecule has 1 heterocycles. The number of amidine groups is 1. The van der Waals surface area contributed by atoms with Crippen LogP contribution in [-0.4, -0.2) is 16.3 Å².